The number of unbranched alkanes of at least 4 members (excludes halogenated alkanes) is 4. The third-order valence-corrected chi connectivity index (χ3v) is 9.65. The van der Waals surface area contributed by atoms with Crippen molar-refractivity contribution >= 4 is 11.9 Å². The van der Waals surface area contributed by atoms with E-state index in [1.165, 1.54) is 13.3 Å². The van der Waals surface area contributed by atoms with Crippen LogP contribution in [0.5, 0.6) is 0 Å². The van der Waals surface area contributed by atoms with Crippen LogP contribution in [-0.2, 0) is 28.5 Å². The molecule has 4 fully saturated rings. The number of hydrogen-bond donors (Lipinski definition) is 1. The predicted molar refractivity (Wildman–Crippen MR) is 140 cm³/mol. The lowest BCUT2D eigenvalue weighted by atomic mass is 9.59. The largest absolute Gasteiger partial charge is 0.462 e. The van der Waals surface area contributed by atoms with E-state index in [1.54, 1.807) is 0 Å². The molecule has 0 aromatic rings. The van der Waals surface area contributed by atoms with Gasteiger partial charge in [-0.2, -0.15) is 0 Å². The Hall–Kier alpha value is -1.44. The molecule has 3 aliphatic heterocycles. The fraction of sp³-hybridized carbons (Fsp3) is 0.867. The van der Waals surface area contributed by atoms with E-state index in [1.807, 2.05) is 6.92 Å². The topological polar surface area (TPSA) is 91.3 Å². The molecule has 1 unspecified atom stereocenters. The third kappa shape index (κ3) is 5.79. The number of carbonyl (C=O) groups excluding carboxylic acids is 2. The zero-order chi connectivity index (χ0) is 26.9. The molecule has 1 saturated carbocycles. The highest BCUT2D eigenvalue weighted by molar-refractivity contribution is 5.69. The van der Waals surface area contributed by atoms with Crippen LogP contribution in [0.15, 0.2) is 12.2 Å². The molecule has 7 nitrogen and oxygen atoms in total. The second-order valence-electron chi connectivity index (χ2n) is 12.4. The molecular weight excluding hydrogens is 472 g/mol. The van der Waals surface area contributed by atoms with Gasteiger partial charge in [-0.1, -0.05) is 53.0 Å². The predicted octanol–water partition coefficient (Wildman–Crippen LogP) is 4.98. The van der Waals surface area contributed by atoms with Crippen LogP contribution in [0.1, 0.15) is 92.4 Å². The monoisotopic (exact) mass is 520 g/mol. The highest BCUT2D eigenvalue weighted by Crippen LogP contribution is 2.58. The Balaban J connectivity index is 1.65. The molecule has 0 aromatic heterocycles. The fourth-order valence-corrected chi connectivity index (χ4v) is 7.61. The maximum absolute atomic E-state index is 13.0. The Kier molecular flexibility index (Phi) is 9.07. The van der Waals surface area contributed by atoms with Crippen molar-refractivity contribution in [1.29, 1.82) is 0 Å². The molecular formula is C30H48O7. The van der Waals surface area contributed by atoms with Gasteiger partial charge in [-0.05, 0) is 49.5 Å². The number of ether oxygens (including phenoxy) is 4. The van der Waals surface area contributed by atoms with Gasteiger partial charge in [0, 0.05) is 31.6 Å². The van der Waals surface area contributed by atoms with Gasteiger partial charge in [0.05, 0.1) is 24.9 Å². The molecule has 2 bridgehead atoms. The molecule has 37 heavy (non-hydrogen) atoms. The van der Waals surface area contributed by atoms with Gasteiger partial charge in [-0.15, -0.1) is 0 Å². The van der Waals surface area contributed by atoms with Crippen molar-refractivity contribution in [2.45, 2.75) is 129 Å². The molecule has 1 N–H and O–H groups in total. The number of rotatable bonds is 8. The third-order valence-electron chi connectivity index (χ3n) is 9.65. The maximum atomic E-state index is 13.0. The molecule has 0 spiro atoms. The van der Waals surface area contributed by atoms with Crippen molar-refractivity contribution in [1.82, 2.24) is 0 Å². The van der Waals surface area contributed by atoms with Gasteiger partial charge in [0.1, 0.15) is 17.8 Å². The maximum Gasteiger partial charge on any atom is 0.306 e. The summed E-state index contributed by atoms with van der Waals surface area (Å²) in [5.74, 6) is 0.358. The Bertz CT molecular complexity index is 842. The highest BCUT2D eigenvalue weighted by Gasteiger charge is 2.65. The first-order valence-corrected chi connectivity index (χ1v) is 14.6. The molecule has 0 amide bonds. The van der Waals surface area contributed by atoms with Crippen LogP contribution >= 0.6 is 0 Å². The lowest BCUT2D eigenvalue weighted by Crippen LogP contribution is -2.58. The van der Waals surface area contributed by atoms with Gasteiger partial charge in [-0.25, -0.2) is 0 Å². The summed E-state index contributed by atoms with van der Waals surface area (Å²) in [6.45, 7) is 14.7. The minimum absolute atomic E-state index is 0.0249. The molecule has 0 radical (unpaired) electrons. The first-order chi connectivity index (χ1) is 17.6. The van der Waals surface area contributed by atoms with Crippen LogP contribution in [0, 0.1) is 29.6 Å². The molecule has 3 heterocycles. The summed E-state index contributed by atoms with van der Waals surface area (Å²) < 4.78 is 25.6. The molecule has 0 aromatic carbocycles. The van der Waals surface area contributed by atoms with Crippen LogP contribution in [-0.4, -0.2) is 59.8 Å². The molecule has 4 aliphatic rings. The molecule has 7 heteroatoms. The van der Waals surface area contributed by atoms with Gasteiger partial charge in [0.15, 0.2) is 0 Å². The van der Waals surface area contributed by atoms with Crippen molar-refractivity contribution in [2.24, 2.45) is 29.6 Å². The van der Waals surface area contributed by atoms with Crippen LogP contribution in [0.2, 0.25) is 0 Å². The summed E-state index contributed by atoms with van der Waals surface area (Å²) in [5.41, 5.74) is -0.260. The van der Waals surface area contributed by atoms with E-state index in [4.69, 9.17) is 18.9 Å². The van der Waals surface area contributed by atoms with Gasteiger partial charge in [0.25, 0.3) is 0 Å². The van der Waals surface area contributed by atoms with E-state index in [2.05, 4.69) is 27.4 Å². The van der Waals surface area contributed by atoms with Gasteiger partial charge in [-0.3, -0.25) is 9.59 Å². The molecule has 1 aliphatic carbocycles. The number of aliphatic hydroxyl groups is 1. The summed E-state index contributed by atoms with van der Waals surface area (Å²) in [5, 5.41) is 11.1. The molecule has 4 rings (SSSR count). The van der Waals surface area contributed by atoms with E-state index in [0.717, 1.165) is 32.1 Å². The zero-order valence-electron chi connectivity index (χ0n) is 23.4. The van der Waals surface area contributed by atoms with Crippen LogP contribution in [0.3, 0.4) is 0 Å². The summed E-state index contributed by atoms with van der Waals surface area (Å²) in [4.78, 5) is 25.1. The van der Waals surface area contributed by atoms with Crippen molar-refractivity contribution < 1.29 is 33.6 Å². The quantitative estimate of drug-likeness (QED) is 0.274. The number of carbonyl (C=O) groups is 2. The smallest absolute Gasteiger partial charge is 0.306 e. The number of hydrogen-bond acceptors (Lipinski definition) is 7. The first-order valence-electron chi connectivity index (χ1n) is 14.6. The van der Waals surface area contributed by atoms with E-state index in [-0.39, 0.29) is 60.3 Å². The van der Waals surface area contributed by atoms with Crippen LogP contribution < -0.4 is 0 Å². The second-order valence-corrected chi connectivity index (χ2v) is 12.4. The Morgan fingerprint density at radius 3 is 2.51 bits per heavy atom. The van der Waals surface area contributed by atoms with Gasteiger partial charge < -0.3 is 24.1 Å². The van der Waals surface area contributed by atoms with E-state index in [9.17, 15) is 14.7 Å². The van der Waals surface area contributed by atoms with Crippen molar-refractivity contribution in [3.63, 3.8) is 0 Å². The summed E-state index contributed by atoms with van der Waals surface area (Å²) in [6.07, 6.45) is 4.92. The van der Waals surface area contributed by atoms with E-state index >= 15 is 0 Å². The van der Waals surface area contributed by atoms with Crippen molar-refractivity contribution in [3.05, 3.63) is 12.2 Å². The lowest BCUT2D eigenvalue weighted by Gasteiger charge is -2.47. The Morgan fingerprint density at radius 2 is 1.81 bits per heavy atom. The Morgan fingerprint density at radius 1 is 1.08 bits per heavy atom. The Labute approximate surface area is 222 Å². The molecule has 210 valence electrons. The fourth-order valence-electron chi connectivity index (χ4n) is 7.61. The number of esters is 2. The van der Waals surface area contributed by atoms with E-state index in [0.29, 0.717) is 30.9 Å². The summed E-state index contributed by atoms with van der Waals surface area (Å²) >= 11 is 0. The van der Waals surface area contributed by atoms with E-state index < -0.39 is 17.8 Å². The second kappa shape index (κ2) is 11.7. The average Bonchev–Trinajstić information content (AvgIpc) is 3.18. The summed E-state index contributed by atoms with van der Waals surface area (Å²) in [7, 11) is 0. The SMILES string of the molecule is C=C1CC2O[C@H]3[C@H]4[C@@H](C[C@@H](C)[C@@H](OC(C)=O)[C@@H]24)[C@@H](C)CO[C@@]3(C)[C@H](OC(=O)CCCCCCC)C[C@@H]1O. The van der Waals surface area contributed by atoms with Crippen molar-refractivity contribution in [2.75, 3.05) is 6.61 Å². The number of fused-ring (bicyclic) bond motifs is 2. The minimum atomic E-state index is -0.925. The van der Waals surface area contributed by atoms with Crippen LogP contribution in [0.4, 0.5) is 0 Å². The van der Waals surface area contributed by atoms with Crippen molar-refractivity contribution in [3.8, 4) is 0 Å². The first kappa shape index (κ1) is 28.6. The molecule has 3 saturated heterocycles. The molecule has 11 atom stereocenters. The number of aliphatic hydroxyl groups excluding tert-OH is 1. The zero-order valence-corrected chi connectivity index (χ0v) is 23.4. The summed E-state index contributed by atoms with van der Waals surface area (Å²) in [6, 6.07) is 0. The minimum Gasteiger partial charge on any atom is -0.462 e. The standard InChI is InChI=1S/C30H48O7/c1-7-8-9-10-11-12-25(33)37-24-15-22(32)17(2)14-23-27-26-21(13-18(3)28(27)35-20(5)31)19(4)16-34-30(24,6)29(26)36-23/h18-19,21-24,26-29,32H,2,7-16H2,1,3-6H3/t18-,19+,21+,22+,23?,24-,26+,27+,28-,29+,30+/m1/s1. The average molecular weight is 521 g/mol. The normalized spacial score (nSPS) is 43.2. The van der Waals surface area contributed by atoms with Gasteiger partial charge in [0.2, 0.25) is 0 Å². The van der Waals surface area contributed by atoms with Crippen LogP contribution in [0.25, 0.3) is 0 Å². The highest BCUT2D eigenvalue weighted by atomic mass is 16.6. The van der Waals surface area contributed by atoms with Gasteiger partial charge >= 0.3 is 11.9 Å². The lowest BCUT2D eigenvalue weighted by molar-refractivity contribution is -0.205.